The third-order valence-electron chi connectivity index (χ3n) is 3.24. The van der Waals surface area contributed by atoms with Crippen LogP contribution in [0.4, 0.5) is 0 Å². The molecule has 0 radical (unpaired) electrons. The van der Waals surface area contributed by atoms with Crippen molar-refractivity contribution in [2.45, 2.75) is 31.7 Å². The van der Waals surface area contributed by atoms with Gasteiger partial charge in [-0.25, -0.2) is 9.78 Å². The molecule has 1 atom stereocenters. The van der Waals surface area contributed by atoms with E-state index in [0.29, 0.717) is 12.8 Å². The minimum atomic E-state index is -0.844. The number of esters is 1. The first-order chi connectivity index (χ1) is 9.48. The highest BCUT2D eigenvalue weighted by atomic mass is 16.5. The molecule has 7 heteroatoms. The summed E-state index contributed by atoms with van der Waals surface area (Å²) >= 11 is 0. The third-order valence-corrected chi connectivity index (χ3v) is 3.24. The van der Waals surface area contributed by atoms with Crippen molar-refractivity contribution in [2.75, 3.05) is 6.61 Å². The number of hydrogen-bond acceptors (Lipinski definition) is 6. The summed E-state index contributed by atoms with van der Waals surface area (Å²) in [6, 6.07) is 0. The molecule has 0 bridgehead atoms. The average Bonchev–Trinajstić information content (AvgIpc) is 2.42. The van der Waals surface area contributed by atoms with Gasteiger partial charge in [-0.1, -0.05) is 12.2 Å². The molecule has 0 aromatic carbocycles. The molecule has 0 saturated heterocycles. The van der Waals surface area contributed by atoms with Gasteiger partial charge in [-0.05, 0) is 26.2 Å². The van der Waals surface area contributed by atoms with Crippen molar-refractivity contribution in [3.05, 3.63) is 34.0 Å². The van der Waals surface area contributed by atoms with E-state index >= 15 is 0 Å². The molecular formula is C13H17N3O4. The first-order valence-corrected chi connectivity index (χ1v) is 6.42. The van der Waals surface area contributed by atoms with Gasteiger partial charge in [0.05, 0.1) is 12.1 Å². The summed E-state index contributed by atoms with van der Waals surface area (Å²) in [5, 5.41) is 9.64. The van der Waals surface area contributed by atoms with Gasteiger partial charge in [0.15, 0.2) is 5.69 Å². The van der Waals surface area contributed by atoms with E-state index in [1.165, 1.54) is 0 Å². The predicted molar refractivity (Wildman–Crippen MR) is 71.3 cm³/mol. The summed E-state index contributed by atoms with van der Waals surface area (Å²) in [6.07, 6.45) is 5.76. The quantitative estimate of drug-likeness (QED) is 0.549. The number of aromatic nitrogens is 2. The van der Waals surface area contributed by atoms with Crippen LogP contribution in [0.2, 0.25) is 0 Å². The first kappa shape index (κ1) is 14.3. The van der Waals surface area contributed by atoms with Crippen LogP contribution in [0.15, 0.2) is 16.9 Å². The van der Waals surface area contributed by atoms with Crippen molar-refractivity contribution < 1.29 is 14.6 Å². The molecule has 4 N–H and O–H groups in total. The maximum absolute atomic E-state index is 11.7. The summed E-state index contributed by atoms with van der Waals surface area (Å²) in [7, 11) is 0. The fourth-order valence-electron chi connectivity index (χ4n) is 2.11. The standard InChI is InChI=1S/C13H17N3O4/c1-2-20-11(19)8-9(17)10(18)16-12(15-8)13(14)6-4-3-5-7-13/h3-4,17H,2,5-7,14H2,1H3,(H,15,16,18). The molecule has 0 fully saturated rings. The van der Waals surface area contributed by atoms with Gasteiger partial charge in [-0.3, -0.25) is 4.79 Å². The number of nitrogens with two attached hydrogens (primary N) is 1. The molecule has 20 heavy (non-hydrogen) atoms. The van der Waals surface area contributed by atoms with Crippen molar-refractivity contribution in [3.63, 3.8) is 0 Å². The highest BCUT2D eigenvalue weighted by Crippen LogP contribution is 2.29. The summed E-state index contributed by atoms with van der Waals surface area (Å²) in [5.41, 5.74) is 4.19. The molecule has 0 amide bonds. The van der Waals surface area contributed by atoms with Crippen molar-refractivity contribution in [3.8, 4) is 5.75 Å². The molecule has 0 saturated carbocycles. The summed E-state index contributed by atoms with van der Waals surface area (Å²) < 4.78 is 4.77. The zero-order chi connectivity index (χ0) is 14.8. The Balaban J connectivity index is 2.48. The second-order valence-corrected chi connectivity index (χ2v) is 4.70. The van der Waals surface area contributed by atoms with Crippen LogP contribution in [-0.2, 0) is 10.3 Å². The van der Waals surface area contributed by atoms with Crippen molar-refractivity contribution in [1.82, 2.24) is 9.97 Å². The molecule has 0 aliphatic heterocycles. The van der Waals surface area contributed by atoms with Gasteiger partial charge < -0.3 is 20.6 Å². The van der Waals surface area contributed by atoms with E-state index in [2.05, 4.69) is 9.97 Å². The number of nitrogens with zero attached hydrogens (tertiary/aromatic N) is 1. The van der Waals surface area contributed by atoms with E-state index < -0.39 is 28.5 Å². The molecule has 1 aromatic heterocycles. The number of hydrogen-bond donors (Lipinski definition) is 3. The van der Waals surface area contributed by atoms with Crippen LogP contribution in [0, 0.1) is 0 Å². The van der Waals surface area contributed by atoms with Crippen LogP contribution in [0.5, 0.6) is 5.75 Å². The Kier molecular flexibility index (Phi) is 3.89. The van der Waals surface area contributed by atoms with Crippen LogP contribution in [-0.4, -0.2) is 27.7 Å². The Morgan fingerprint density at radius 2 is 2.35 bits per heavy atom. The molecule has 0 spiro atoms. The SMILES string of the molecule is CCOC(=O)c1nc(C2(N)CC=CCC2)[nH]c(=O)c1O. The van der Waals surface area contributed by atoms with Gasteiger partial charge in [0, 0.05) is 0 Å². The maximum Gasteiger partial charge on any atom is 0.361 e. The topological polar surface area (TPSA) is 118 Å². The molecule has 1 aliphatic carbocycles. The number of rotatable bonds is 3. The number of aromatic hydroxyl groups is 1. The van der Waals surface area contributed by atoms with Crippen molar-refractivity contribution in [1.29, 1.82) is 0 Å². The third kappa shape index (κ3) is 2.57. The maximum atomic E-state index is 11.7. The van der Waals surface area contributed by atoms with Crippen LogP contribution >= 0.6 is 0 Å². The lowest BCUT2D eigenvalue weighted by Crippen LogP contribution is -2.41. The van der Waals surface area contributed by atoms with Gasteiger partial charge in [0.1, 0.15) is 5.82 Å². The normalized spacial score (nSPS) is 21.7. The molecular weight excluding hydrogens is 262 g/mol. The van der Waals surface area contributed by atoms with E-state index in [0.717, 1.165) is 6.42 Å². The largest absolute Gasteiger partial charge is 0.501 e. The molecule has 1 unspecified atom stereocenters. The highest BCUT2D eigenvalue weighted by Gasteiger charge is 2.32. The minimum Gasteiger partial charge on any atom is -0.501 e. The second kappa shape index (κ2) is 5.46. The lowest BCUT2D eigenvalue weighted by Gasteiger charge is -2.29. The molecule has 2 rings (SSSR count). The molecule has 1 heterocycles. The molecule has 1 aliphatic rings. The number of aromatic amines is 1. The Hall–Kier alpha value is -2.15. The Morgan fingerprint density at radius 3 is 2.95 bits per heavy atom. The Morgan fingerprint density at radius 1 is 1.60 bits per heavy atom. The average molecular weight is 279 g/mol. The number of nitrogens with one attached hydrogen (secondary N) is 1. The van der Waals surface area contributed by atoms with E-state index in [1.54, 1.807) is 6.92 Å². The van der Waals surface area contributed by atoms with Crippen LogP contribution in [0.25, 0.3) is 0 Å². The zero-order valence-electron chi connectivity index (χ0n) is 11.2. The lowest BCUT2D eigenvalue weighted by atomic mass is 9.86. The Bertz CT molecular complexity index is 608. The monoisotopic (exact) mass is 279 g/mol. The number of allylic oxidation sites excluding steroid dienone is 1. The summed E-state index contributed by atoms with van der Waals surface area (Å²) in [6.45, 7) is 1.75. The number of ether oxygens (including phenoxy) is 1. The lowest BCUT2D eigenvalue weighted by molar-refractivity contribution is 0.0514. The van der Waals surface area contributed by atoms with E-state index in [-0.39, 0.29) is 12.4 Å². The molecule has 7 nitrogen and oxygen atoms in total. The summed E-state index contributed by atoms with van der Waals surface area (Å²) in [4.78, 5) is 29.9. The predicted octanol–water partition coefficient (Wildman–Crippen LogP) is 0.546. The van der Waals surface area contributed by atoms with Gasteiger partial charge in [-0.2, -0.15) is 0 Å². The Labute approximate surface area is 115 Å². The van der Waals surface area contributed by atoms with E-state index in [4.69, 9.17) is 10.5 Å². The molecule has 108 valence electrons. The van der Waals surface area contributed by atoms with Crippen molar-refractivity contribution in [2.24, 2.45) is 5.73 Å². The van der Waals surface area contributed by atoms with Crippen molar-refractivity contribution >= 4 is 5.97 Å². The van der Waals surface area contributed by atoms with Crippen LogP contribution in [0.3, 0.4) is 0 Å². The number of H-pyrrole nitrogens is 1. The first-order valence-electron chi connectivity index (χ1n) is 6.42. The minimum absolute atomic E-state index is 0.124. The van der Waals surface area contributed by atoms with Gasteiger partial charge in [-0.15, -0.1) is 0 Å². The van der Waals surface area contributed by atoms with Gasteiger partial charge in [0.25, 0.3) is 5.56 Å². The van der Waals surface area contributed by atoms with Crippen LogP contribution in [0.1, 0.15) is 42.5 Å². The van der Waals surface area contributed by atoms with Crippen LogP contribution < -0.4 is 11.3 Å². The zero-order valence-corrected chi connectivity index (χ0v) is 11.2. The van der Waals surface area contributed by atoms with E-state index in [1.807, 2.05) is 12.2 Å². The number of carbonyl (C=O) groups excluding carboxylic acids is 1. The highest BCUT2D eigenvalue weighted by molar-refractivity contribution is 5.89. The fraction of sp³-hybridized carbons (Fsp3) is 0.462. The van der Waals surface area contributed by atoms with Gasteiger partial charge in [0.2, 0.25) is 5.75 Å². The van der Waals surface area contributed by atoms with Gasteiger partial charge >= 0.3 is 5.97 Å². The fourth-order valence-corrected chi connectivity index (χ4v) is 2.11. The number of carbonyl (C=O) groups is 1. The second-order valence-electron chi connectivity index (χ2n) is 4.70. The summed E-state index contributed by atoms with van der Waals surface area (Å²) in [5.74, 6) is -1.40. The molecule has 1 aromatic rings. The van der Waals surface area contributed by atoms with E-state index in [9.17, 15) is 14.7 Å². The smallest absolute Gasteiger partial charge is 0.361 e.